The number of nitrogens with one attached hydrogen (secondary N) is 1. The first kappa shape index (κ1) is 16.7. The van der Waals surface area contributed by atoms with Gasteiger partial charge in [-0.25, -0.2) is 12.8 Å². The van der Waals surface area contributed by atoms with Crippen molar-refractivity contribution in [3.05, 3.63) is 30.1 Å². The molecule has 22 heavy (non-hydrogen) atoms. The van der Waals surface area contributed by atoms with Gasteiger partial charge in [0.1, 0.15) is 0 Å². The lowest BCUT2D eigenvalue weighted by Gasteiger charge is -2.22. The van der Waals surface area contributed by atoms with Crippen molar-refractivity contribution in [2.75, 3.05) is 26.0 Å². The number of benzene rings is 1. The average molecular weight is 330 g/mol. The number of hydrogen-bond donors (Lipinski definition) is 1. The van der Waals surface area contributed by atoms with Crippen molar-refractivity contribution < 1.29 is 22.3 Å². The second-order valence-electron chi connectivity index (χ2n) is 5.19. The fourth-order valence-electron chi connectivity index (χ4n) is 2.44. The summed E-state index contributed by atoms with van der Waals surface area (Å²) in [5.41, 5.74) is 0. The molecule has 0 radical (unpaired) electrons. The average Bonchev–Trinajstić information content (AvgIpc) is 2.93. The molecule has 0 spiro atoms. The Morgan fingerprint density at radius 1 is 1.45 bits per heavy atom. The highest BCUT2D eigenvalue weighted by Crippen LogP contribution is 2.19. The zero-order valence-corrected chi connectivity index (χ0v) is 13.1. The Labute approximate surface area is 129 Å². The number of halogens is 1. The number of carbonyl (C=O) groups excluding carboxylic acids is 1. The van der Waals surface area contributed by atoms with Gasteiger partial charge in [0.05, 0.1) is 6.26 Å². The van der Waals surface area contributed by atoms with E-state index in [0.717, 1.165) is 12.7 Å². The Bertz CT molecular complexity index is 635. The molecule has 122 valence electrons. The number of hydrogen-bond acceptors (Lipinski definition) is 4. The van der Waals surface area contributed by atoms with Crippen LogP contribution in [0, 0.1) is 5.82 Å². The van der Waals surface area contributed by atoms with Gasteiger partial charge < -0.3 is 10.1 Å². The van der Waals surface area contributed by atoms with Crippen LogP contribution in [0.5, 0.6) is 5.75 Å². The van der Waals surface area contributed by atoms with Crippen molar-refractivity contribution in [3.8, 4) is 5.75 Å². The molecule has 2 rings (SSSR count). The van der Waals surface area contributed by atoms with Gasteiger partial charge in [-0.05, 0) is 25.0 Å². The molecule has 1 saturated heterocycles. The van der Waals surface area contributed by atoms with Crippen LogP contribution >= 0.6 is 0 Å². The summed E-state index contributed by atoms with van der Waals surface area (Å²) < 4.78 is 43.0. The van der Waals surface area contributed by atoms with Crippen LogP contribution in [0.15, 0.2) is 24.3 Å². The summed E-state index contributed by atoms with van der Waals surface area (Å²) in [5, 5.41) is 2.62. The fraction of sp³-hybridized carbons (Fsp3) is 0.500. The predicted molar refractivity (Wildman–Crippen MR) is 79.5 cm³/mol. The second-order valence-corrected chi connectivity index (χ2v) is 7.13. The summed E-state index contributed by atoms with van der Waals surface area (Å²) in [6.07, 6.45) is 2.65. The third-order valence-electron chi connectivity index (χ3n) is 3.48. The molecule has 1 atom stereocenters. The number of amides is 1. The van der Waals surface area contributed by atoms with E-state index in [1.165, 1.54) is 22.5 Å². The Morgan fingerprint density at radius 2 is 2.18 bits per heavy atom. The molecule has 1 amide bonds. The van der Waals surface area contributed by atoms with Gasteiger partial charge in [-0.3, -0.25) is 4.79 Å². The predicted octanol–water partition coefficient (Wildman–Crippen LogP) is 0.745. The van der Waals surface area contributed by atoms with Crippen LogP contribution in [0.4, 0.5) is 4.39 Å². The molecular formula is C14H19FN2O4S. The lowest BCUT2D eigenvalue weighted by atomic mass is 10.2. The molecule has 0 bridgehead atoms. The molecule has 1 fully saturated rings. The third-order valence-corrected chi connectivity index (χ3v) is 4.81. The van der Waals surface area contributed by atoms with Gasteiger partial charge in [-0.15, -0.1) is 0 Å². The van der Waals surface area contributed by atoms with Gasteiger partial charge >= 0.3 is 0 Å². The van der Waals surface area contributed by atoms with Gasteiger partial charge in [-0.2, -0.15) is 4.31 Å². The van der Waals surface area contributed by atoms with Crippen molar-refractivity contribution in [2.45, 2.75) is 18.9 Å². The molecule has 1 unspecified atom stereocenters. The monoisotopic (exact) mass is 330 g/mol. The van der Waals surface area contributed by atoms with E-state index in [1.54, 1.807) is 6.07 Å². The molecule has 8 heteroatoms. The normalized spacial score (nSPS) is 19.1. The van der Waals surface area contributed by atoms with Gasteiger partial charge in [0, 0.05) is 19.1 Å². The van der Waals surface area contributed by atoms with Gasteiger partial charge in [-0.1, -0.05) is 12.1 Å². The number of sulfonamides is 1. The first-order chi connectivity index (χ1) is 10.4. The molecule has 1 aromatic rings. The first-order valence-electron chi connectivity index (χ1n) is 6.99. The van der Waals surface area contributed by atoms with Crippen LogP contribution in [0.3, 0.4) is 0 Å². The summed E-state index contributed by atoms with van der Waals surface area (Å²) >= 11 is 0. The Balaban J connectivity index is 1.80. The Morgan fingerprint density at radius 3 is 2.86 bits per heavy atom. The van der Waals surface area contributed by atoms with Crippen LogP contribution in [0.25, 0.3) is 0 Å². The molecule has 6 nitrogen and oxygen atoms in total. The molecule has 0 saturated carbocycles. The van der Waals surface area contributed by atoms with E-state index in [2.05, 4.69) is 5.32 Å². The standard InChI is InChI=1S/C14H19FN2O4S/c1-22(19,20)17-8-4-5-11(17)9-16-14(18)10-21-13-7-3-2-6-12(13)15/h2-3,6-7,11H,4-5,8-10H2,1H3,(H,16,18). The molecule has 0 aliphatic carbocycles. The van der Waals surface area contributed by atoms with E-state index in [4.69, 9.17) is 4.74 Å². The Kier molecular flexibility index (Phi) is 5.36. The zero-order chi connectivity index (χ0) is 16.2. The van der Waals surface area contributed by atoms with E-state index < -0.39 is 21.7 Å². The number of ether oxygens (including phenoxy) is 1. The minimum Gasteiger partial charge on any atom is -0.481 e. The fourth-order valence-corrected chi connectivity index (χ4v) is 3.62. The number of rotatable bonds is 6. The SMILES string of the molecule is CS(=O)(=O)N1CCCC1CNC(=O)COc1ccccc1F. The molecule has 1 aliphatic rings. The van der Waals surface area contributed by atoms with Crippen LogP contribution < -0.4 is 10.1 Å². The topological polar surface area (TPSA) is 75.7 Å². The highest BCUT2D eigenvalue weighted by molar-refractivity contribution is 7.88. The highest BCUT2D eigenvalue weighted by Gasteiger charge is 2.31. The summed E-state index contributed by atoms with van der Waals surface area (Å²) in [5.74, 6) is -0.936. The largest absolute Gasteiger partial charge is 0.481 e. The maximum atomic E-state index is 13.3. The van der Waals surface area contributed by atoms with Crippen molar-refractivity contribution in [2.24, 2.45) is 0 Å². The smallest absolute Gasteiger partial charge is 0.257 e. The minimum atomic E-state index is -3.26. The molecule has 0 aromatic heterocycles. The van der Waals surface area contributed by atoms with Crippen LogP contribution in [-0.4, -0.2) is 50.6 Å². The third kappa shape index (κ3) is 4.41. The maximum absolute atomic E-state index is 13.3. The maximum Gasteiger partial charge on any atom is 0.257 e. The van der Waals surface area contributed by atoms with E-state index in [1.807, 2.05) is 0 Å². The first-order valence-corrected chi connectivity index (χ1v) is 8.83. The lowest BCUT2D eigenvalue weighted by molar-refractivity contribution is -0.123. The summed E-state index contributed by atoms with van der Waals surface area (Å²) in [6.45, 7) is 0.393. The quantitative estimate of drug-likeness (QED) is 0.835. The summed E-state index contributed by atoms with van der Waals surface area (Å²) in [7, 11) is -3.26. The van der Waals surface area contributed by atoms with Crippen molar-refractivity contribution in [1.29, 1.82) is 0 Å². The lowest BCUT2D eigenvalue weighted by Crippen LogP contribution is -2.43. The van der Waals surface area contributed by atoms with Gasteiger partial charge in [0.2, 0.25) is 10.0 Å². The summed E-state index contributed by atoms with van der Waals surface area (Å²) in [6, 6.07) is 5.59. The Hall–Kier alpha value is -1.67. The number of para-hydroxylation sites is 1. The molecule has 1 heterocycles. The summed E-state index contributed by atoms with van der Waals surface area (Å²) in [4.78, 5) is 11.7. The second kappa shape index (κ2) is 7.06. The van der Waals surface area contributed by atoms with Crippen molar-refractivity contribution in [3.63, 3.8) is 0 Å². The molecule has 1 N–H and O–H groups in total. The van der Waals surface area contributed by atoms with E-state index in [-0.39, 0.29) is 24.9 Å². The molecule has 1 aromatic carbocycles. The van der Waals surface area contributed by atoms with Gasteiger partial charge in [0.15, 0.2) is 18.2 Å². The van der Waals surface area contributed by atoms with Crippen LogP contribution in [0.1, 0.15) is 12.8 Å². The van der Waals surface area contributed by atoms with Gasteiger partial charge in [0.25, 0.3) is 5.91 Å². The minimum absolute atomic E-state index is 0.0104. The zero-order valence-electron chi connectivity index (χ0n) is 12.3. The molecular weight excluding hydrogens is 311 g/mol. The highest BCUT2D eigenvalue weighted by atomic mass is 32.2. The van der Waals surface area contributed by atoms with Crippen molar-refractivity contribution in [1.82, 2.24) is 9.62 Å². The van der Waals surface area contributed by atoms with E-state index in [0.29, 0.717) is 13.0 Å². The van der Waals surface area contributed by atoms with E-state index >= 15 is 0 Å². The van der Waals surface area contributed by atoms with Crippen LogP contribution in [-0.2, 0) is 14.8 Å². The van der Waals surface area contributed by atoms with E-state index in [9.17, 15) is 17.6 Å². The van der Waals surface area contributed by atoms with Crippen molar-refractivity contribution >= 4 is 15.9 Å². The number of carbonyl (C=O) groups is 1. The molecule has 1 aliphatic heterocycles. The number of nitrogens with zero attached hydrogens (tertiary/aromatic N) is 1. The van der Waals surface area contributed by atoms with Crippen LogP contribution in [0.2, 0.25) is 0 Å².